The Kier molecular flexibility index (Phi) is 5.08. The fraction of sp³-hybridized carbons (Fsp3) is 0.250. The van der Waals surface area contributed by atoms with Crippen LogP contribution in [0.2, 0.25) is 0 Å². The number of hydrogen-bond donors (Lipinski definition) is 0. The van der Waals surface area contributed by atoms with E-state index in [9.17, 15) is 0 Å². The summed E-state index contributed by atoms with van der Waals surface area (Å²) >= 11 is 0. The van der Waals surface area contributed by atoms with Crippen molar-refractivity contribution in [3.8, 4) is 34.5 Å². The molecular weight excluding hydrogens is 384 g/mol. The maximum Gasteiger partial charge on any atom is 0.203 e. The first kappa shape index (κ1) is 19.8. The Labute approximate surface area is 174 Å². The van der Waals surface area contributed by atoms with Gasteiger partial charge in [0.2, 0.25) is 5.75 Å². The highest BCUT2D eigenvalue weighted by Crippen LogP contribution is 2.50. The molecule has 4 aromatic rings. The molecule has 0 aromatic heterocycles. The van der Waals surface area contributed by atoms with Crippen LogP contribution in [-0.4, -0.2) is 42.7 Å². The smallest absolute Gasteiger partial charge is 0.203 e. The highest BCUT2D eigenvalue weighted by Gasteiger charge is 2.22. The highest BCUT2D eigenvalue weighted by molar-refractivity contribution is 6.28. The average molecular weight is 408 g/mol. The lowest BCUT2D eigenvalue weighted by Crippen LogP contribution is -1.98. The zero-order valence-electron chi connectivity index (χ0n) is 17.9. The molecule has 0 fully saturated rings. The summed E-state index contributed by atoms with van der Waals surface area (Å²) in [5.74, 6) is 3.80. The molecule has 6 nitrogen and oxygen atoms in total. The molecule has 0 heterocycles. The minimum atomic E-state index is 0.546. The zero-order chi connectivity index (χ0) is 21.4. The first-order valence-electron chi connectivity index (χ1n) is 9.39. The van der Waals surface area contributed by atoms with Crippen molar-refractivity contribution in [2.24, 2.45) is 0 Å². The first-order valence-corrected chi connectivity index (χ1v) is 9.39. The Morgan fingerprint density at radius 3 is 1.50 bits per heavy atom. The monoisotopic (exact) mass is 408 g/mol. The van der Waals surface area contributed by atoms with Crippen molar-refractivity contribution < 1.29 is 28.4 Å². The molecule has 0 aliphatic heterocycles. The van der Waals surface area contributed by atoms with Crippen molar-refractivity contribution in [3.05, 3.63) is 36.4 Å². The Morgan fingerprint density at radius 2 is 0.967 bits per heavy atom. The highest BCUT2D eigenvalue weighted by atomic mass is 16.5. The van der Waals surface area contributed by atoms with Crippen molar-refractivity contribution in [1.82, 2.24) is 0 Å². The third kappa shape index (κ3) is 2.79. The predicted molar refractivity (Wildman–Crippen MR) is 118 cm³/mol. The fourth-order valence-electron chi connectivity index (χ4n) is 4.05. The van der Waals surface area contributed by atoms with Gasteiger partial charge in [0.15, 0.2) is 23.0 Å². The molecule has 156 valence electrons. The summed E-state index contributed by atoms with van der Waals surface area (Å²) in [5.41, 5.74) is 0. The van der Waals surface area contributed by atoms with E-state index in [2.05, 4.69) is 0 Å². The van der Waals surface area contributed by atoms with Gasteiger partial charge in [-0.25, -0.2) is 0 Å². The standard InChI is InChI=1S/C24H24O6/c1-25-13-7-8-14-15(9-13)16-10-19(26-2)20(27-3)11-17(16)18-12-21(28-4)23(29-5)24(30-6)22(14)18/h7-12H,1-6H3. The van der Waals surface area contributed by atoms with Crippen molar-refractivity contribution >= 4 is 32.3 Å². The summed E-state index contributed by atoms with van der Waals surface area (Å²) in [4.78, 5) is 0. The summed E-state index contributed by atoms with van der Waals surface area (Å²) < 4.78 is 33.7. The molecule has 0 saturated carbocycles. The van der Waals surface area contributed by atoms with Crippen LogP contribution in [0.4, 0.5) is 0 Å². The van der Waals surface area contributed by atoms with Crippen molar-refractivity contribution in [2.75, 3.05) is 42.7 Å². The summed E-state index contributed by atoms with van der Waals surface area (Å²) in [6.45, 7) is 0. The van der Waals surface area contributed by atoms with Crippen LogP contribution >= 0.6 is 0 Å². The maximum absolute atomic E-state index is 5.81. The lowest BCUT2D eigenvalue weighted by molar-refractivity contribution is 0.327. The molecule has 0 spiro atoms. The van der Waals surface area contributed by atoms with Gasteiger partial charge in [-0.15, -0.1) is 0 Å². The molecule has 0 radical (unpaired) electrons. The summed E-state index contributed by atoms with van der Waals surface area (Å²) in [6.07, 6.45) is 0. The van der Waals surface area contributed by atoms with E-state index in [1.165, 1.54) is 0 Å². The first-order chi connectivity index (χ1) is 14.6. The molecule has 30 heavy (non-hydrogen) atoms. The molecule has 0 aliphatic rings. The van der Waals surface area contributed by atoms with E-state index in [-0.39, 0.29) is 0 Å². The van der Waals surface area contributed by atoms with E-state index in [1.807, 2.05) is 36.4 Å². The van der Waals surface area contributed by atoms with Gasteiger partial charge in [-0.3, -0.25) is 0 Å². The zero-order valence-corrected chi connectivity index (χ0v) is 17.9. The van der Waals surface area contributed by atoms with Crippen molar-refractivity contribution in [1.29, 1.82) is 0 Å². The lowest BCUT2D eigenvalue weighted by atomic mass is 9.92. The molecule has 0 aliphatic carbocycles. The molecular formula is C24H24O6. The molecule has 0 N–H and O–H groups in total. The van der Waals surface area contributed by atoms with Crippen LogP contribution in [0.1, 0.15) is 0 Å². The van der Waals surface area contributed by atoms with E-state index in [1.54, 1.807) is 42.7 Å². The molecule has 0 bridgehead atoms. The van der Waals surface area contributed by atoms with Gasteiger partial charge >= 0.3 is 0 Å². The number of benzene rings is 4. The van der Waals surface area contributed by atoms with Crippen LogP contribution in [0.25, 0.3) is 32.3 Å². The van der Waals surface area contributed by atoms with E-state index in [0.29, 0.717) is 28.7 Å². The molecule has 6 heteroatoms. The minimum Gasteiger partial charge on any atom is -0.497 e. The third-order valence-corrected chi connectivity index (χ3v) is 5.43. The summed E-state index contributed by atoms with van der Waals surface area (Å²) in [6, 6.07) is 11.9. The Bertz CT molecular complexity index is 1260. The topological polar surface area (TPSA) is 55.4 Å². The Balaban J connectivity index is 2.34. The van der Waals surface area contributed by atoms with Crippen LogP contribution in [0.3, 0.4) is 0 Å². The second kappa shape index (κ2) is 7.71. The van der Waals surface area contributed by atoms with Gasteiger partial charge in [-0.2, -0.15) is 0 Å². The van der Waals surface area contributed by atoms with Gasteiger partial charge in [-0.05, 0) is 63.3 Å². The normalized spacial score (nSPS) is 11.0. The molecule has 4 rings (SSSR count). The second-order valence-electron chi connectivity index (χ2n) is 6.73. The van der Waals surface area contributed by atoms with Crippen molar-refractivity contribution in [2.45, 2.75) is 0 Å². The molecule has 0 saturated heterocycles. The molecule has 0 unspecified atom stereocenters. The van der Waals surface area contributed by atoms with Crippen LogP contribution in [0.15, 0.2) is 36.4 Å². The van der Waals surface area contributed by atoms with Crippen LogP contribution in [0.5, 0.6) is 34.5 Å². The summed E-state index contributed by atoms with van der Waals surface area (Å²) in [5, 5.41) is 5.86. The van der Waals surface area contributed by atoms with Crippen LogP contribution in [0, 0.1) is 0 Å². The number of methoxy groups -OCH3 is 6. The third-order valence-electron chi connectivity index (χ3n) is 5.43. The average Bonchev–Trinajstić information content (AvgIpc) is 2.81. The SMILES string of the molecule is COc1ccc2c(c1)c1cc(OC)c(OC)cc1c1cc(OC)c(OC)c(OC)c21. The lowest BCUT2D eigenvalue weighted by Gasteiger charge is -2.19. The van der Waals surface area contributed by atoms with Gasteiger partial charge in [0.25, 0.3) is 0 Å². The predicted octanol–water partition coefficient (Wildman–Crippen LogP) is 5.20. The Morgan fingerprint density at radius 1 is 0.433 bits per heavy atom. The van der Waals surface area contributed by atoms with Gasteiger partial charge in [0.1, 0.15) is 5.75 Å². The second-order valence-corrected chi connectivity index (χ2v) is 6.73. The van der Waals surface area contributed by atoms with E-state index in [0.717, 1.165) is 38.1 Å². The van der Waals surface area contributed by atoms with Gasteiger partial charge in [0.05, 0.1) is 42.7 Å². The molecule has 0 amide bonds. The van der Waals surface area contributed by atoms with Gasteiger partial charge < -0.3 is 28.4 Å². The minimum absolute atomic E-state index is 0.546. The van der Waals surface area contributed by atoms with Crippen LogP contribution < -0.4 is 28.4 Å². The quantitative estimate of drug-likeness (QED) is 0.409. The van der Waals surface area contributed by atoms with Gasteiger partial charge in [-0.1, -0.05) is 0 Å². The van der Waals surface area contributed by atoms with E-state index >= 15 is 0 Å². The number of fused-ring (bicyclic) bond motifs is 6. The number of hydrogen-bond acceptors (Lipinski definition) is 6. The number of ether oxygens (including phenoxy) is 6. The largest absolute Gasteiger partial charge is 0.497 e. The van der Waals surface area contributed by atoms with E-state index < -0.39 is 0 Å². The maximum atomic E-state index is 5.81. The van der Waals surface area contributed by atoms with Crippen LogP contribution in [-0.2, 0) is 0 Å². The Hall–Kier alpha value is -3.54. The summed E-state index contributed by atoms with van der Waals surface area (Å²) in [7, 11) is 9.76. The fourth-order valence-corrected chi connectivity index (χ4v) is 4.05. The van der Waals surface area contributed by atoms with Gasteiger partial charge in [0, 0.05) is 5.39 Å². The van der Waals surface area contributed by atoms with Crippen molar-refractivity contribution in [3.63, 3.8) is 0 Å². The molecule has 4 aromatic carbocycles. The number of rotatable bonds is 6. The van der Waals surface area contributed by atoms with E-state index in [4.69, 9.17) is 28.4 Å². The molecule has 0 atom stereocenters.